The van der Waals surface area contributed by atoms with Gasteiger partial charge in [-0.15, -0.1) is 0 Å². The SMILES string of the molecule is SCNCCc1ccc(C2CCCCC2)cc1. The second-order valence-electron chi connectivity index (χ2n) is 4.98. The highest BCUT2D eigenvalue weighted by Crippen LogP contribution is 2.32. The van der Waals surface area contributed by atoms with Crippen molar-refractivity contribution < 1.29 is 0 Å². The van der Waals surface area contributed by atoms with Crippen LogP contribution in [0.25, 0.3) is 0 Å². The molecule has 0 saturated heterocycles. The highest BCUT2D eigenvalue weighted by atomic mass is 32.1. The standard InChI is InChI=1S/C15H23NS/c17-12-16-11-10-13-6-8-15(9-7-13)14-4-2-1-3-5-14/h6-9,14,16-17H,1-5,10-12H2. The Morgan fingerprint density at radius 1 is 1.06 bits per heavy atom. The molecular weight excluding hydrogens is 226 g/mol. The Kier molecular flexibility index (Phi) is 5.40. The van der Waals surface area contributed by atoms with Crippen LogP contribution < -0.4 is 5.32 Å². The lowest BCUT2D eigenvalue weighted by molar-refractivity contribution is 0.443. The van der Waals surface area contributed by atoms with Crippen LogP contribution in [0.15, 0.2) is 24.3 Å². The molecule has 0 atom stereocenters. The summed E-state index contributed by atoms with van der Waals surface area (Å²) in [5, 5.41) is 3.24. The summed E-state index contributed by atoms with van der Waals surface area (Å²) < 4.78 is 0. The normalized spacial score (nSPS) is 17.2. The largest absolute Gasteiger partial charge is 0.308 e. The first kappa shape index (κ1) is 13.0. The van der Waals surface area contributed by atoms with E-state index in [1.54, 1.807) is 5.56 Å². The average Bonchev–Trinajstić information content (AvgIpc) is 2.41. The van der Waals surface area contributed by atoms with Gasteiger partial charge in [-0.25, -0.2) is 0 Å². The van der Waals surface area contributed by atoms with Crippen LogP contribution in [0.4, 0.5) is 0 Å². The van der Waals surface area contributed by atoms with Gasteiger partial charge in [0.2, 0.25) is 0 Å². The van der Waals surface area contributed by atoms with Gasteiger partial charge in [-0.05, 0) is 42.9 Å². The van der Waals surface area contributed by atoms with Crippen molar-refractivity contribution in [2.24, 2.45) is 0 Å². The Balaban J connectivity index is 1.88. The molecule has 2 heteroatoms. The molecule has 0 amide bonds. The van der Waals surface area contributed by atoms with Crippen molar-refractivity contribution in [1.82, 2.24) is 5.32 Å². The molecule has 1 N–H and O–H groups in total. The fourth-order valence-electron chi connectivity index (χ4n) is 2.70. The van der Waals surface area contributed by atoms with Gasteiger partial charge in [0, 0.05) is 5.88 Å². The fraction of sp³-hybridized carbons (Fsp3) is 0.600. The predicted molar refractivity (Wildman–Crippen MR) is 77.8 cm³/mol. The lowest BCUT2D eigenvalue weighted by Crippen LogP contribution is -2.14. The number of thiol groups is 1. The Hall–Kier alpha value is -0.470. The van der Waals surface area contributed by atoms with Crippen molar-refractivity contribution in [3.8, 4) is 0 Å². The third-order valence-corrected chi connectivity index (χ3v) is 3.98. The van der Waals surface area contributed by atoms with E-state index in [2.05, 4.69) is 42.2 Å². The zero-order valence-electron chi connectivity index (χ0n) is 10.5. The summed E-state index contributed by atoms with van der Waals surface area (Å²) in [6.07, 6.45) is 8.15. The molecule has 1 aliphatic rings. The third-order valence-electron chi connectivity index (χ3n) is 3.76. The van der Waals surface area contributed by atoms with Gasteiger partial charge in [-0.3, -0.25) is 0 Å². The van der Waals surface area contributed by atoms with Gasteiger partial charge in [-0.2, -0.15) is 12.6 Å². The van der Waals surface area contributed by atoms with E-state index >= 15 is 0 Å². The van der Waals surface area contributed by atoms with Crippen molar-refractivity contribution in [2.75, 3.05) is 12.4 Å². The van der Waals surface area contributed by atoms with E-state index in [1.165, 1.54) is 37.7 Å². The van der Waals surface area contributed by atoms with Crippen LogP contribution in [-0.4, -0.2) is 12.4 Å². The molecule has 0 radical (unpaired) electrons. The van der Waals surface area contributed by atoms with Crippen molar-refractivity contribution >= 4 is 12.6 Å². The van der Waals surface area contributed by atoms with Crippen molar-refractivity contribution in [1.29, 1.82) is 0 Å². The first-order chi connectivity index (χ1) is 8.40. The molecule has 1 saturated carbocycles. The van der Waals surface area contributed by atoms with Crippen LogP contribution in [0.3, 0.4) is 0 Å². The summed E-state index contributed by atoms with van der Waals surface area (Å²) in [5.74, 6) is 1.59. The van der Waals surface area contributed by atoms with E-state index < -0.39 is 0 Å². The monoisotopic (exact) mass is 249 g/mol. The minimum atomic E-state index is 0.764. The zero-order chi connectivity index (χ0) is 11.9. The molecular formula is C15H23NS. The lowest BCUT2D eigenvalue weighted by atomic mass is 9.84. The molecule has 0 aliphatic heterocycles. The topological polar surface area (TPSA) is 12.0 Å². The minimum Gasteiger partial charge on any atom is -0.308 e. The maximum absolute atomic E-state index is 4.14. The number of rotatable bonds is 5. The minimum absolute atomic E-state index is 0.764. The quantitative estimate of drug-likeness (QED) is 0.460. The van der Waals surface area contributed by atoms with Crippen LogP contribution in [0, 0.1) is 0 Å². The van der Waals surface area contributed by atoms with Crippen molar-refractivity contribution in [3.05, 3.63) is 35.4 Å². The number of benzene rings is 1. The van der Waals surface area contributed by atoms with E-state index in [-0.39, 0.29) is 0 Å². The Morgan fingerprint density at radius 3 is 2.41 bits per heavy atom. The first-order valence-corrected chi connectivity index (χ1v) is 7.44. The zero-order valence-corrected chi connectivity index (χ0v) is 11.4. The molecule has 2 rings (SSSR count). The van der Waals surface area contributed by atoms with Gasteiger partial charge >= 0.3 is 0 Å². The molecule has 0 heterocycles. The molecule has 1 aromatic rings. The first-order valence-electron chi connectivity index (χ1n) is 6.80. The maximum atomic E-state index is 4.14. The molecule has 1 aromatic carbocycles. The van der Waals surface area contributed by atoms with Crippen molar-refractivity contribution in [3.63, 3.8) is 0 Å². The molecule has 1 nitrogen and oxygen atoms in total. The Labute approximate surface area is 110 Å². The van der Waals surface area contributed by atoms with Gasteiger partial charge in [-0.1, -0.05) is 43.5 Å². The van der Waals surface area contributed by atoms with Gasteiger partial charge in [0.05, 0.1) is 0 Å². The summed E-state index contributed by atoms with van der Waals surface area (Å²) in [4.78, 5) is 0. The van der Waals surface area contributed by atoms with Crippen LogP contribution in [0.2, 0.25) is 0 Å². The highest BCUT2D eigenvalue weighted by Gasteiger charge is 2.14. The van der Waals surface area contributed by atoms with Gasteiger partial charge in [0.25, 0.3) is 0 Å². The van der Waals surface area contributed by atoms with Crippen LogP contribution in [0.5, 0.6) is 0 Å². The summed E-state index contributed by atoms with van der Waals surface area (Å²) in [5.41, 5.74) is 2.98. The maximum Gasteiger partial charge on any atom is 0.0387 e. The van der Waals surface area contributed by atoms with E-state index in [0.29, 0.717) is 0 Å². The van der Waals surface area contributed by atoms with Gasteiger partial charge in [0.15, 0.2) is 0 Å². The predicted octanol–water partition coefficient (Wildman–Crippen LogP) is 3.75. The third kappa shape index (κ3) is 4.04. The lowest BCUT2D eigenvalue weighted by Gasteiger charge is -2.22. The number of nitrogens with one attached hydrogen (secondary N) is 1. The number of hydrogen-bond donors (Lipinski definition) is 2. The van der Waals surface area contributed by atoms with Crippen LogP contribution in [0.1, 0.15) is 49.1 Å². The second kappa shape index (κ2) is 7.07. The molecule has 17 heavy (non-hydrogen) atoms. The molecule has 0 aromatic heterocycles. The van der Waals surface area contributed by atoms with E-state index in [4.69, 9.17) is 0 Å². The van der Waals surface area contributed by atoms with E-state index in [1.807, 2.05) is 0 Å². The summed E-state index contributed by atoms with van der Waals surface area (Å²) >= 11 is 4.14. The second-order valence-corrected chi connectivity index (χ2v) is 5.30. The summed E-state index contributed by atoms with van der Waals surface area (Å²) in [6, 6.07) is 9.27. The molecule has 1 aliphatic carbocycles. The molecule has 1 fully saturated rings. The molecule has 0 bridgehead atoms. The summed E-state index contributed by atoms with van der Waals surface area (Å²) in [7, 11) is 0. The van der Waals surface area contributed by atoms with Gasteiger partial charge < -0.3 is 5.32 Å². The molecule has 94 valence electrons. The van der Waals surface area contributed by atoms with Crippen molar-refractivity contribution in [2.45, 2.75) is 44.4 Å². The highest BCUT2D eigenvalue weighted by molar-refractivity contribution is 7.80. The number of hydrogen-bond acceptors (Lipinski definition) is 2. The average molecular weight is 249 g/mol. The van der Waals surface area contributed by atoms with E-state index in [9.17, 15) is 0 Å². The van der Waals surface area contributed by atoms with Crippen LogP contribution >= 0.6 is 12.6 Å². The Bertz CT molecular complexity index is 314. The summed E-state index contributed by atoms with van der Waals surface area (Å²) in [6.45, 7) is 1.02. The van der Waals surface area contributed by atoms with E-state index in [0.717, 1.165) is 24.8 Å². The molecule has 0 unspecified atom stereocenters. The van der Waals surface area contributed by atoms with Crippen LogP contribution in [-0.2, 0) is 6.42 Å². The smallest absolute Gasteiger partial charge is 0.0387 e. The van der Waals surface area contributed by atoms with Gasteiger partial charge in [0.1, 0.15) is 0 Å². The molecule has 0 spiro atoms. The Morgan fingerprint density at radius 2 is 1.76 bits per heavy atom. The fourth-order valence-corrected chi connectivity index (χ4v) is 2.86.